The van der Waals surface area contributed by atoms with E-state index in [1.165, 1.54) is 18.5 Å². The van der Waals surface area contributed by atoms with Crippen LogP contribution in [0.5, 0.6) is 0 Å². The molecule has 2 aliphatic rings. The minimum Gasteiger partial charge on any atom is -0.356 e. The number of hydrogen-bond donors (Lipinski definition) is 0. The molecule has 0 atom stereocenters. The number of anilines is 1. The monoisotopic (exact) mass is 378 g/mol. The number of fused-ring (bicyclic) bond motifs is 1. The average Bonchev–Trinajstić information content (AvgIpc) is 3.47. The van der Waals surface area contributed by atoms with Crippen LogP contribution < -0.4 is 4.90 Å². The van der Waals surface area contributed by atoms with Crippen molar-refractivity contribution in [3.8, 4) is 0 Å². The molecule has 1 aliphatic carbocycles. The summed E-state index contributed by atoms with van der Waals surface area (Å²) in [6.45, 7) is 2.14. The highest BCUT2D eigenvalue weighted by Gasteiger charge is 2.39. The smallest absolute Gasteiger partial charge is 0.216 e. The molecule has 26 heavy (non-hydrogen) atoms. The minimum absolute atomic E-state index is 0.158. The Morgan fingerprint density at radius 3 is 2.62 bits per heavy atom. The number of benzene rings is 1. The topological polar surface area (TPSA) is 66.4 Å². The Morgan fingerprint density at radius 2 is 1.92 bits per heavy atom. The molecule has 2 heterocycles. The largest absolute Gasteiger partial charge is 0.356 e. The summed E-state index contributed by atoms with van der Waals surface area (Å²) in [7, 11) is -1.41. The fraction of sp³-hybridized carbons (Fsp3) is 0.556. The van der Waals surface area contributed by atoms with Gasteiger partial charge < -0.3 is 4.90 Å². The van der Waals surface area contributed by atoms with Gasteiger partial charge in [0, 0.05) is 32.1 Å². The van der Waals surface area contributed by atoms with Crippen LogP contribution in [0, 0.1) is 11.7 Å². The second-order valence-corrected chi connectivity index (χ2v) is 9.63. The molecule has 1 saturated carbocycles. The van der Waals surface area contributed by atoms with Crippen molar-refractivity contribution < 1.29 is 12.8 Å². The highest BCUT2D eigenvalue weighted by Crippen LogP contribution is 2.32. The molecule has 1 saturated heterocycles. The van der Waals surface area contributed by atoms with Crippen LogP contribution in [0.2, 0.25) is 0 Å². The van der Waals surface area contributed by atoms with E-state index in [1.807, 2.05) is 0 Å². The Kier molecular flexibility index (Phi) is 4.56. The molecule has 1 aliphatic heterocycles. The Labute approximate surface area is 153 Å². The van der Waals surface area contributed by atoms with Crippen molar-refractivity contribution >= 4 is 26.7 Å². The van der Waals surface area contributed by atoms with E-state index in [0.29, 0.717) is 12.5 Å². The average molecular weight is 378 g/mol. The predicted molar refractivity (Wildman–Crippen MR) is 99.0 cm³/mol. The minimum atomic E-state index is -3.11. The molecule has 0 spiro atoms. The number of piperidine rings is 1. The molecule has 6 nitrogen and oxygen atoms in total. The van der Waals surface area contributed by atoms with E-state index in [9.17, 15) is 12.8 Å². The number of aromatic nitrogens is 2. The van der Waals surface area contributed by atoms with Gasteiger partial charge in [-0.1, -0.05) is 0 Å². The second kappa shape index (κ2) is 6.74. The molecular formula is C18H23FN4O2S. The van der Waals surface area contributed by atoms with Gasteiger partial charge in [0.25, 0.3) is 0 Å². The van der Waals surface area contributed by atoms with Crippen LogP contribution in [0.3, 0.4) is 0 Å². The lowest BCUT2D eigenvalue weighted by atomic mass is 9.96. The van der Waals surface area contributed by atoms with E-state index in [2.05, 4.69) is 14.9 Å². The van der Waals surface area contributed by atoms with Crippen LogP contribution in [0.15, 0.2) is 24.5 Å². The van der Waals surface area contributed by atoms with E-state index in [4.69, 9.17) is 0 Å². The zero-order valence-electron chi connectivity index (χ0n) is 14.8. The Bertz CT molecular complexity index is 909. The molecule has 140 valence electrons. The fourth-order valence-corrected chi connectivity index (χ4v) is 5.34. The summed E-state index contributed by atoms with van der Waals surface area (Å²) in [5.41, 5.74) is 0.730. The molecular weight excluding hydrogens is 355 g/mol. The van der Waals surface area contributed by atoms with Crippen LogP contribution in [-0.2, 0) is 10.0 Å². The Hall–Kier alpha value is -1.80. The van der Waals surface area contributed by atoms with Crippen molar-refractivity contribution in [2.75, 3.05) is 31.6 Å². The first-order valence-corrected chi connectivity index (χ1v) is 10.6. The predicted octanol–water partition coefficient (Wildman–Crippen LogP) is 2.41. The third-order valence-corrected chi connectivity index (χ3v) is 7.72. The lowest BCUT2D eigenvalue weighted by molar-refractivity contribution is 0.327. The van der Waals surface area contributed by atoms with Crippen LogP contribution in [0.1, 0.15) is 25.7 Å². The molecule has 0 N–H and O–H groups in total. The number of rotatable bonds is 5. The molecule has 2 aromatic rings. The summed E-state index contributed by atoms with van der Waals surface area (Å²) >= 11 is 0. The van der Waals surface area contributed by atoms with E-state index in [0.717, 1.165) is 55.5 Å². The van der Waals surface area contributed by atoms with E-state index in [-0.39, 0.29) is 11.1 Å². The lowest BCUT2D eigenvalue weighted by Gasteiger charge is -2.34. The highest BCUT2D eigenvalue weighted by atomic mass is 32.2. The van der Waals surface area contributed by atoms with Crippen LogP contribution in [0.25, 0.3) is 10.9 Å². The van der Waals surface area contributed by atoms with Crippen molar-refractivity contribution in [2.24, 2.45) is 5.92 Å². The quantitative estimate of drug-likeness (QED) is 0.799. The summed E-state index contributed by atoms with van der Waals surface area (Å²) < 4.78 is 39.8. The number of hydrogen-bond acceptors (Lipinski definition) is 5. The summed E-state index contributed by atoms with van der Waals surface area (Å²) in [6.07, 6.45) is 4.89. The van der Waals surface area contributed by atoms with Crippen LogP contribution in [0.4, 0.5) is 10.2 Å². The Morgan fingerprint density at radius 1 is 1.19 bits per heavy atom. The standard InChI is InChI=1S/C18H23FN4O2S/c1-22(26(24,25)15-3-4-15)11-13-6-8-23(9-7-13)18-16-10-14(19)2-5-17(16)20-12-21-18/h2,5,10,12-13,15H,3-4,6-9,11H2,1H3. The van der Waals surface area contributed by atoms with Crippen LogP contribution >= 0.6 is 0 Å². The number of sulfonamides is 1. The third kappa shape index (κ3) is 3.40. The molecule has 1 aromatic carbocycles. The van der Waals surface area contributed by atoms with Crippen molar-refractivity contribution in [3.63, 3.8) is 0 Å². The lowest BCUT2D eigenvalue weighted by Crippen LogP contribution is -2.40. The first-order valence-electron chi connectivity index (χ1n) is 9.05. The van der Waals surface area contributed by atoms with Gasteiger partial charge in [0.1, 0.15) is 18.0 Å². The van der Waals surface area contributed by atoms with Crippen LogP contribution in [-0.4, -0.2) is 54.6 Å². The van der Waals surface area contributed by atoms with Gasteiger partial charge in [-0.15, -0.1) is 0 Å². The highest BCUT2D eigenvalue weighted by molar-refractivity contribution is 7.90. The van der Waals surface area contributed by atoms with Crippen molar-refractivity contribution in [2.45, 2.75) is 30.9 Å². The number of halogens is 1. The third-order valence-electron chi connectivity index (χ3n) is 5.39. The van der Waals surface area contributed by atoms with Crippen molar-refractivity contribution in [3.05, 3.63) is 30.3 Å². The van der Waals surface area contributed by atoms with Gasteiger partial charge in [-0.25, -0.2) is 27.1 Å². The van der Waals surface area contributed by atoms with Gasteiger partial charge in [-0.05, 0) is 49.8 Å². The van der Waals surface area contributed by atoms with Gasteiger partial charge in [0.15, 0.2) is 0 Å². The molecule has 1 aromatic heterocycles. The zero-order valence-corrected chi connectivity index (χ0v) is 15.6. The maximum atomic E-state index is 13.6. The first kappa shape index (κ1) is 17.6. The van der Waals surface area contributed by atoms with Gasteiger partial charge in [-0.3, -0.25) is 0 Å². The molecule has 2 fully saturated rings. The van der Waals surface area contributed by atoms with E-state index in [1.54, 1.807) is 17.4 Å². The SMILES string of the molecule is CN(CC1CCN(c2ncnc3ccc(F)cc23)CC1)S(=O)(=O)C1CC1. The second-order valence-electron chi connectivity index (χ2n) is 7.31. The summed E-state index contributed by atoms with van der Waals surface area (Å²) in [5.74, 6) is 0.803. The zero-order chi connectivity index (χ0) is 18.3. The molecule has 8 heteroatoms. The molecule has 0 amide bonds. The maximum absolute atomic E-state index is 13.6. The summed E-state index contributed by atoms with van der Waals surface area (Å²) in [6, 6.07) is 4.55. The van der Waals surface area contributed by atoms with Gasteiger partial charge in [0.05, 0.1) is 10.8 Å². The van der Waals surface area contributed by atoms with E-state index < -0.39 is 10.0 Å². The summed E-state index contributed by atoms with van der Waals surface area (Å²) in [5, 5.41) is 0.564. The van der Waals surface area contributed by atoms with Crippen molar-refractivity contribution in [1.82, 2.24) is 14.3 Å². The molecule has 4 rings (SSSR count). The van der Waals surface area contributed by atoms with E-state index >= 15 is 0 Å². The van der Waals surface area contributed by atoms with Gasteiger partial charge >= 0.3 is 0 Å². The maximum Gasteiger partial charge on any atom is 0.216 e. The van der Waals surface area contributed by atoms with Gasteiger partial charge in [-0.2, -0.15) is 0 Å². The Balaban J connectivity index is 1.43. The van der Waals surface area contributed by atoms with Crippen molar-refractivity contribution in [1.29, 1.82) is 0 Å². The summed E-state index contributed by atoms with van der Waals surface area (Å²) in [4.78, 5) is 10.7. The van der Waals surface area contributed by atoms with Gasteiger partial charge in [0.2, 0.25) is 10.0 Å². The molecule has 0 bridgehead atoms. The molecule has 0 radical (unpaired) electrons. The number of nitrogens with zero attached hydrogens (tertiary/aromatic N) is 4. The molecule has 0 unspecified atom stereocenters. The normalized spacial score (nSPS) is 19.4. The fourth-order valence-electron chi connectivity index (χ4n) is 3.68. The first-order chi connectivity index (χ1) is 12.4.